The molecule has 1 unspecified atom stereocenters. The third kappa shape index (κ3) is 8.07. The van der Waals surface area contributed by atoms with Crippen LogP contribution >= 0.6 is 0 Å². The molecule has 0 rings (SSSR count). The van der Waals surface area contributed by atoms with Crippen molar-refractivity contribution in [3.05, 3.63) is 0 Å². The summed E-state index contributed by atoms with van der Waals surface area (Å²) < 4.78 is 0. The van der Waals surface area contributed by atoms with E-state index in [-0.39, 0.29) is 43.2 Å². The van der Waals surface area contributed by atoms with Crippen LogP contribution in [0.1, 0.15) is 46.5 Å². The second-order valence-corrected chi connectivity index (χ2v) is 4.81. The average molecular weight is 271 g/mol. The van der Waals surface area contributed by atoms with E-state index in [1.54, 1.807) is 13.8 Å². The summed E-state index contributed by atoms with van der Waals surface area (Å²) in [6.45, 7) is 4.77. The number of hydrogen-bond donors (Lipinski definition) is 2. The minimum absolute atomic E-state index is 0.0181. The number of Topliss-reactive ketones (excluding diaryl/α,β-unsaturated/α-hetero) is 2. The van der Waals surface area contributed by atoms with Crippen LogP contribution in [0.2, 0.25) is 0 Å². The number of hydrogen-bond acceptors (Lipinski definition) is 4. The fourth-order valence-corrected chi connectivity index (χ4v) is 1.51. The van der Waals surface area contributed by atoms with Gasteiger partial charge in [0.25, 0.3) is 0 Å². The molecule has 6 nitrogen and oxygen atoms in total. The Balaban J connectivity index is 4.48. The van der Waals surface area contributed by atoms with E-state index in [0.29, 0.717) is 0 Å². The van der Waals surface area contributed by atoms with Gasteiger partial charge in [-0.3, -0.25) is 14.4 Å². The Hall–Kier alpha value is -1.72. The van der Waals surface area contributed by atoms with Gasteiger partial charge in [-0.15, -0.1) is 0 Å². The Morgan fingerprint density at radius 2 is 1.63 bits per heavy atom. The van der Waals surface area contributed by atoms with E-state index >= 15 is 0 Å². The van der Waals surface area contributed by atoms with Gasteiger partial charge in [-0.25, -0.2) is 0 Å². The zero-order chi connectivity index (χ0) is 15.0. The SMILES string of the molecule is CC(=O)CCC(=O)NC(CCC(=O)O)C(=O)C(C)C. The highest BCUT2D eigenvalue weighted by Gasteiger charge is 2.23. The van der Waals surface area contributed by atoms with Gasteiger partial charge in [-0.1, -0.05) is 13.8 Å². The number of amides is 1. The normalized spacial score (nSPS) is 12.0. The molecular formula is C13H21NO5. The number of rotatable bonds is 9. The Bertz CT molecular complexity index is 362. The molecule has 0 fully saturated rings. The highest BCUT2D eigenvalue weighted by atomic mass is 16.4. The van der Waals surface area contributed by atoms with E-state index in [1.165, 1.54) is 6.92 Å². The minimum atomic E-state index is -1.01. The van der Waals surface area contributed by atoms with Crippen molar-refractivity contribution in [3.8, 4) is 0 Å². The summed E-state index contributed by atoms with van der Waals surface area (Å²) in [5, 5.41) is 11.1. The Morgan fingerprint density at radius 3 is 2.05 bits per heavy atom. The van der Waals surface area contributed by atoms with Crippen molar-refractivity contribution >= 4 is 23.4 Å². The lowest BCUT2D eigenvalue weighted by Gasteiger charge is -2.18. The molecule has 0 aliphatic carbocycles. The van der Waals surface area contributed by atoms with Crippen LogP contribution < -0.4 is 5.32 Å². The molecule has 0 aromatic heterocycles. The number of carboxylic acids is 1. The van der Waals surface area contributed by atoms with E-state index in [1.807, 2.05) is 0 Å². The fraction of sp³-hybridized carbons (Fsp3) is 0.692. The molecule has 1 amide bonds. The first-order valence-electron chi connectivity index (χ1n) is 6.28. The van der Waals surface area contributed by atoms with E-state index in [0.717, 1.165) is 0 Å². The molecule has 6 heteroatoms. The summed E-state index contributed by atoms with van der Waals surface area (Å²) in [6, 6.07) is -0.796. The van der Waals surface area contributed by atoms with Crippen molar-refractivity contribution in [2.24, 2.45) is 5.92 Å². The van der Waals surface area contributed by atoms with Crippen LogP contribution in [0.3, 0.4) is 0 Å². The van der Waals surface area contributed by atoms with Crippen molar-refractivity contribution in [3.63, 3.8) is 0 Å². The summed E-state index contributed by atoms with van der Waals surface area (Å²) in [5.74, 6) is -2.00. The third-order valence-electron chi connectivity index (χ3n) is 2.60. The van der Waals surface area contributed by atoms with Gasteiger partial charge in [0.15, 0.2) is 5.78 Å². The van der Waals surface area contributed by atoms with Crippen LogP contribution in [0.15, 0.2) is 0 Å². The second kappa shape index (κ2) is 8.39. The number of aliphatic carboxylic acids is 1. The molecule has 0 radical (unpaired) electrons. The van der Waals surface area contributed by atoms with Gasteiger partial charge in [0.1, 0.15) is 5.78 Å². The maximum absolute atomic E-state index is 11.9. The summed E-state index contributed by atoms with van der Waals surface area (Å²) in [4.78, 5) is 44.7. The van der Waals surface area contributed by atoms with Crippen molar-refractivity contribution in [2.45, 2.75) is 52.5 Å². The van der Waals surface area contributed by atoms with Crippen molar-refractivity contribution in [1.82, 2.24) is 5.32 Å². The first kappa shape index (κ1) is 17.3. The zero-order valence-electron chi connectivity index (χ0n) is 11.6. The molecule has 0 saturated heterocycles. The van der Waals surface area contributed by atoms with Gasteiger partial charge in [-0.2, -0.15) is 0 Å². The monoisotopic (exact) mass is 271 g/mol. The molecule has 108 valence electrons. The molecule has 0 aliphatic rings. The number of carbonyl (C=O) groups excluding carboxylic acids is 3. The smallest absolute Gasteiger partial charge is 0.303 e. The summed E-state index contributed by atoms with van der Waals surface area (Å²) in [5.41, 5.74) is 0. The molecule has 0 spiro atoms. The third-order valence-corrected chi connectivity index (χ3v) is 2.60. The first-order valence-corrected chi connectivity index (χ1v) is 6.28. The van der Waals surface area contributed by atoms with Crippen LogP contribution in [0.25, 0.3) is 0 Å². The minimum Gasteiger partial charge on any atom is -0.481 e. The van der Waals surface area contributed by atoms with Gasteiger partial charge >= 0.3 is 5.97 Å². The molecule has 0 heterocycles. The predicted molar refractivity (Wildman–Crippen MR) is 68.6 cm³/mol. The van der Waals surface area contributed by atoms with Gasteiger partial charge in [0, 0.05) is 25.2 Å². The summed E-state index contributed by atoms with van der Waals surface area (Å²) >= 11 is 0. The largest absolute Gasteiger partial charge is 0.481 e. The molecule has 19 heavy (non-hydrogen) atoms. The molecule has 1 atom stereocenters. The van der Waals surface area contributed by atoms with Crippen molar-refractivity contribution in [2.75, 3.05) is 0 Å². The molecule has 0 saturated carbocycles. The number of nitrogens with one attached hydrogen (secondary N) is 1. The number of ketones is 2. The Labute approximate surface area is 112 Å². The zero-order valence-corrected chi connectivity index (χ0v) is 11.6. The van der Waals surface area contributed by atoms with E-state index in [9.17, 15) is 19.2 Å². The highest BCUT2D eigenvalue weighted by molar-refractivity contribution is 5.91. The predicted octanol–water partition coefficient (Wildman–Crippen LogP) is 0.930. The maximum Gasteiger partial charge on any atom is 0.303 e. The Kier molecular flexibility index (Phi) is 7.63. The first-order chi connectivity index (χ1) is 8.73. The molecule has 0 bridgehead atoms. The lowest BCUT2D eigenvalue weighted by molar-refractivity contribution is -0.138. The van der Waals surface area contributed by atoms with Crippen LogP contribution in [0.4, 0.5) is 0 Å². The molecule has 0 aromatic carbocycles. The molecule has 0 aliphatic heterocycles. The topological polar surface area (TPSA) is 101 Å². The van der Waals surface area contributed by atoms with Gasteiger partial charge < -0.3 is 15.2 Å². The van der Waals surface area contributed by atoms with E-state index < -0.39 is 17.9 Å². The van der Waals surface area contributed by atoms with Crippen molar-refractivity contribution in [1.29, 1.82) is 0 Å². The van der Waals surface area contributed by atoms with Crippen LogP contribution in [-0.2, 0) is 19.2 Å². The number of carbonyl (C=O) groups is 4. The number of carboxylic acid groups (broad SMARTS) is 1. The lowest BCUT2D eigenvalue weighted by atomic mass is 9.97. The van der Waals surface area contributed by atoms with Gasteiger partial charge in [-0.05, 0) is 13.3 Å². The van der Waals surface area contributed by atoms with E-state index in [2.05, 4.69) is 5.32 Å². The Morgan fingerprint density at radius 1 is 1.05 bits per heavy atom. The van der Waals surface area contributed by atoms with Crippen molar-refractivity contribution < 1.29 is 24.3 Å². The lowest BCUT2D eigenvalue weighted by Crippen LogP contribution is -2.43. The van der Waals surface area contributed by atoms with Gasteiger partial charge in [0.05, 0.1) is 6.04 Å². The molecule has 2 N–H and O–H groups in total. The highest BCUT2D eigenvalue weighted by Crippen LogP contribution is 2.07. The summed E-state index contributed by atoms with van der Waals surface area (Å²) in [7, 11) is 0. The van der Waals surface area contributed by atoms with Gasteiger partial charge in [0.2, 0.25) is 5.91 Å². The molecular weight excluding hydrogens is 250 g/mol. The summed E-state index contributed by atoms with van der Waals surface area (Å²) in [6.07, 6.45) is 0.0197. The van der Waals surface area contributed by atoms with Crippen LogP contribution in [0.5, 0.6) is 0 Å². The van der Waals surface area contributed by atoms with Crippen LogP contribution in [-0.4, -0.2) is 34.6 Å². The standard InChI is InChI=1S/C13H21NO5/c1-8(2)13(19)10(5-7-12(17)18)14-11(16)6-4-9(3)15/h8,10H,4-7H2,1-3H3,(H,14,16)(H,17,18). The maximum atomic E-state index is 11.9. The quantitative estimate of drug-likeness (QED) is 0.649. The second-order valence-electron chi connectivity index (χ2n) is 4.81. The van der Waals surface area contributed by atoms with E-state index in [4.69, 9.17) is 5.11 Å². The average Bonchev–Trinajstić information content (AvgIpc) is 2.30. The fourth-order valence-electron chi connectivity index (χ4n) is 1.51. The van der Waals surface area contributed by atoms with Crippen LogP contribution in [0, 0.1) is 5.92 Å². The molecule has 0 aromatic rings.